The van der Waals surface area contributed by atoms with E-state index in [4.69, 9.17) is 12.2 Å². The van der Waals surface area contributed by atoms with Crippen molar-refractivity contribution in [3.63, 3.8) is 0 Å². The number of quaternary nitrogens is 1. The fourth-order valence-corrected chi connectivity index (χ4v) is 4.13. The number of nitrogens with one attached hydrogen (secondary N) is 2. The van der Waals surface area contributed by atoms with Crippen LogP contribution in [0.1, 0.15) is 0 Å². The molecule has 2 rings (SSSR count). The molecule has 0 aromatic heterocycles. The van der Waals surface area contributed by atoms with Crippen molar-refractivity contribution in [2.24, 2.45) is 0 Å². The highest BCUT2D eigenvalue weighted by Crippen LogP contribution is 2.17. The lowest BCUT2D eigenvalue weighted by Crippen LogP contribution is -3.06. The van der Waals surface area contributed by atoms with E-state index in [0.29, 0.717) is 36.2 Å². The van der Waals surface area contributed by atoms with E-state index in [1.165, 1.54) is 9.21 Å². The van der Waals surface area contributed by atoms with E-state index in [1.54, 1.807) is 24.3 Å². The number of sulfonamides is 1. The molecule has 1 saturated heterocycles. The minimum atomic E-state index is -3.40. The summed E-state index contributed by atoms with van der Waals surface area (Å²) in [6, 6.07) is 8.58. The molecule has 1 aromatic rings. The summed E-state index contributed by atoms with van der Waals surface area (Å²) in [4.78, 5) is 3.75. The molecule has 0 spiro atoms. The van der Waals surface area contributed by atoms with Gasteiger partial charge in [0.15, 0.2) is 5.11 Å². The normalized spacial score (nSPS) is 16.6. The van der Waals surface area contributed by atoms with E-state index in [0.717, 1.165) is 13.1 Å². The van der Waals surface area contributed by atoms with Gasteiger partial charge in [0, 0.05) is 26.2 Å². The summed E-state index contributed by atoms with van der Waals surface area (Å²) in [6.45, 7) is 3.96. The third kappa shape index (κ3) is 4.87. The largest absolute Gasteiger partial charge is 0.357 e. The van der Waals surface area contributed by atoms with Crippen molar-refractivity contribution in [2.75, 3.05) is 53.4 Å². The zero-order valence-corrected chi connectivity index (χ0v) is 15.3. The van der Waals surface area contributed by atoms with Gasteiger partial charge in [-0.1, -0.05) is 18.2 Å². The monoisotopic (exact) mass is 357 g/mol. The predicted molar refractivity (Wildman–Crippen MR) is 95.1 cm³/mol. The number of piperazine rings is 1. The smallest absolute Gasteiger partial charge is 0.243 e. The summed E-state index contributed by atoms with van der Waals surface area (Å²) in [5, 5.41) is 3.95. The average Bonchev–Trinajstić information content (AvgIpc) is 2.55. The minimum absolute atomic E-state index is 0.350. The maximum atomic E-state index is 12.6. The molecule has 1 fully saturated rings. The Morgan fingerprint density at radius 3 is 2.35 bits per heavy atom. The zero-order valence-electron chi connectivity index (χ0n) is 13.7. The van der Waals surface area contributed by atoms with Crippen molar-refractivity contribution in [2.45, 2.75) is 4.90 Å². The molecule has 0 unspecified atom stereocenters. The SMILES string of the molecule is C[NH+](C)CCNC(=S)N1CCN(S(=O)(=O)c2ccccc2)CC1. The highest BCUT2D eigenvalue weighted by atomic mass is 32.2. The summed E-state index contributed by atoms with van der Waals surface area (Å²) >= 11 is 5.39. The summed E-state index contributed by atoms with van der Waals surface area (Å²) < 4.78 is 26.7. The van der Waals surface area contributed by atoms with Crippen LogP contribution < -0.4 is 10.2 Å². The van der Waals surface area contributed by atoms with Gasteiger partial charge < -0.3 is 15.1 Å². The van der Waals surface area contributed by atoms with Crippen LogP contribution in [0.3, 0.4) is 0 Å². The molecular formula is C15H25N4O2S2+. The van der Waals surface area contributed by atoms with Gasteiger partial charge in [0.25, 0.3) is 0 Å². The fourth-order valence-electron chi connectivity index (χ4n) is 2.40. The summed E-state index contributed by atoms with van der Waals surface area (Å²) in [5.74, 6) is 0. The van der Waals surface area contributed by atoms with Crippen LogP contribution in [-0.4, -0.2) is 76.1 Å². The van der Waals surface area contributed by atoms with E-state index in [2.05, 4.69) is 19.4 Å². The molecule has 1 aliphatic rings. The Hall–Kier alpha value is -1.22. The summed E-state index contributed by atoms with van der Waals surface area (Å²) in [5.41, 5.74) is 0. The second-order valence-electron chi connectivity index (χ2n) is 5.89. The van der Waals surface area contributed by atoms with Gasteiger partial charge in [-0.25, -0.2) is 8.42 Å². The molecule has 1 aliphatic heterocycles. The number of hydrogen-bond donors (Lipinski definition) is 2. The predicted octanol–water partition coefficient (Wildman–Crippen LogP) is -0.988. The van der Waals surface area contributed by atoms with Gasteiger partial charge in [0.1, 0.15) is 0 Å². The number of thiocarbonyl (C=S) groups is 1. The first kappa shape index (κ1) is 18.1. The molecule has 8 heteroatoms. The third-order valence-electron chi connectivity index (χ3n) is 3.81. The second-order valence-corrected chi connectivity index (χ2v) is 8.22. The summed E-state index contributed by atoms with van der Waals surface area (Å²) in [6.07, 6.45) is 0. The fraction of sp³-hybridized carbons (Fsp3) is 0.533. The Morgan fingerprint density at radius 2 is 1.78 bits per heavy atom. The molecule has 0 atom stereocenters. The van der Waals surface area contributed by atoms with Crippen LogP contribution in [0.25, 0.3) is 0 Å². The first-order valence-corrected chi connectivity index (χ1v) is 9.63. The van der Waals surface area contributed by atoms with Gasteiger partial charge in [0.05, 0.1) is 32.1 Å². The molecule has 0 bridgehead atoms. The lowest BCUT2D eigenvalue weighted by molar-refractivity contribution is -0.856. The van der Waals surface area contributed by atoms with Gasteiger partial charge in [0.2, 0.25) is 10.0 Å². The standard InChI is InChI=1S/C15H24N4O2S2/c1-17(2)9-8-16-15(22)18-10-12-19(13-11-18)23(20,21)14-6-4-3-5-7-14/h3-7H,8-13H2,1-2H3,(H,16,22)/p+1. The van der Waals surface area contributed by atoms with Crippen molar-refractivity contribution in [3.05, 3.63) is 30.3 Å². The van der Waals surface area contributed by atoms with Crippen LogP contribution in [0.4, 0.5) is 0 Å². The van der Waals surface area contributed by atoms with E-state index < -0.39 is 10.0 Å². The zero-order chi connectivity index (χ0) is 16.9. The lowest BCUT2D eigenvalue weighted by atomic mass is 10.4. The number of benzene rings is 1. The van der Waals surface area contributed by atoms with E-state index >= 15 is 0 Å². The minimum Gasteiger partial charge on any atom is -0.357 e. The van der Waals surface area contributed by atoms with Crippen LogP contribution in [0.5, 0.6) is 0 Å². The Bertz CT molecular complexity index is 612. The van der Waals surface area contributed by atoms with Crippen LogP contribution >= 0.6 is 12.2 Å². The Labute approximate surface area is 144 Å². The van der Waals surface area contributed by atoms with Gasteiger partial charge in [-0.3, -0.25) is 0 Å². The molecule has 128 valence electrons. The van der Waals surface area contributed by atoms with Crippen molar-refractivity contribution in [1.82, 2.24) is 14.5 Å². The van der Waals surface area contributed by atoms with Gasteiger partial charge in [-0.2, -0.15) is 4.31 Å². The lowest BCUT2D eigenvalue weighted by Gasteiger charge is -2.35. The number of nitrogens with zero attached hydrogens (tertiary/aromatic N) is 2. The number of hydrogen-bond acceptors (Lipinski definition) is 3. The van der Waals surface area contributed by atoms with Crippen molar-refractivity contribution < 1.29 is 13.3 Å². The molecule has 0 aliphatic carbocycles. The first-order chi connectivity index (χ1) is 10.9. The van der Waals surface area contributed by atoms with Crippen molar-refractivity contribution in [1.29, 1.82) is 0 Å². The van der Waals surface area contributed by atoms with E-state index in [9.17, 15) is 8.42 Å². The van der Waals surface area contributed by atoms with Crippen LogP contribution in [-0.2, 0) is 10.0 Å². The second kappa shape index (κ2) is 8.05. The molecule has 1 heterocycles. The van der Waals surface area contributed by atoms with Crippen molar-refractivity contribution >= 4 is 27.4 Å². The first-order valence-electron chi connectivity index (χ1n) is 7.78. The molecule has 1 aromatic carbocycles. The molecule has 23 heavy (non-hydrogen) atoms. The number of likely N-dealkylation sites (N-methyl/N-ethyl adjacent to an activating group) is 1. The van der Waals surface area contributed by atoms with Gasteiger partial charge in [-0.05, 0) is 24.4 Å². The quantitative estimate of drug-likeness (QED) is 0.663. The van der Waals surface area contributed by atoms with E-state index in [1.807, 2.05) is 11.0 Å². The van der Waals surface area contributed by atoms with E-state index in [-0.39, 0.29) is 0 Å². The Kier molecular flexibility index (Phi) is 6.34. The highest BCUT2D eigenvalue weighted by molar-refractivity contribution is 7.89. The van der Waals surface area contributed by atoms with Crippen LogP contribution in [0.2, 0.25) is 0 Å². The molecule has 0 radical (unpaired) electrons. The molecule has 0 amide bonds. The number of rotatable bonds is 5. The van der Waals surface area contributed by atoms with Crippen LogP contribution in [0.15, 0.2) is 35.2 Å². The van der Waals surface area contributed by atoms with Gasteiger partial charge >= 0.3 is 0 Å². The Balaban J connectivity index is 1.87. The van der Waals surface area contributed by atoms with Crippen molar-refractivity contribution in [3.8, 4) is 0 Å². The van der Waals surface area contributed by atoms with Gasteiger partial charge in [-0.15, -0.1) is 0 Å². The van der Waals surface area contributed by atoms with Crippen LogP contribution in [0, 0.1) is 0 Å². The average molecular weight is 358 g/mol. The third-order valence-corrected chi connectivity index (χ3v) is 6.12. The Morgan fingerprint density at radius 1 is 1.17 bits per heavy atom. The topological polar surface area (TPSA) is 57.1 Å². The summed E-state index contributed by atoms with van der Waals surface area (Å²) in [7, 11) is 0.791. The highest BCUT2D eigenvalue weighted by Gasteiger charge is 2.28. The molecule has 0 saturated carbocycles. The molecular weight excluding hydrogens is 332 g/mol. The maximum absolute atomic E-state index is 12.6. The maximum Gasteiger partial charge on any atom is 0.243 e. The molecule has 2 N–H and O–H groups in total. The molecule has 6 nitrogen and oxygen atoms in total.